The largest absolute Gasteiger partial charge is 0.350 e. The van der Waals surface area contributed by atoms with Crippen LogP contribution in [0, 0.1) is 12.8 Å². The number of hydrogen-bond acceptors (Lipinski definition) is 2. The summed E-state index contributed by atoms with van der Waals surface area (Å²) in [5, 5.41) is 3.58. The van der Waals surface area contributed by atoms with Gasteiger partial charge in [0, 0.05) is 10.7 Å². The number of carbonyl (C=O) groups excluding carboxylic acids is 1. The van der Waals surface area contributed by atoms with Gasteiger partial charge in [-0.1, -0.05) is 24.4 Å². The van der Waals surface area contributed by atoms with Crippen LogP contribution in [0.2, 0.25) is 5.02 Å². The zero-order chi connectivity index (χ0) is 12.3. The predicted molar refractivity (Wildman–Crippen MR) is 67.9 cm³/mol. The van der Waals surface area contributed by atoms with Gasteiger partial charge in [-0.2, -0.15) is 0 Å². The highest BCUT2D eigenvalue weighted by Crippen LogP contribution is 2.35. The van der Waals surface area contributed by atoms with Gasteiger partial charge in [0.05, 0.1) is 11.7 Å². The molecule has 17 heavy (non-hydrogen) atoms. The van der Waals surface area contributed by atoms with E-state index in [0.717, 1.165) is 30.6 Å². The van der Waals surface area contributed by atoms with Gasteiger partial charge in [-0.15, -0.1) is 0 Å². The summed E-state index contributed by atoms with van der Waals surface area (Å²) in [4.78, 5) is 15.2. The molecule has 2 rings (SSSR count). The number of amides is 1. The van der Waals surface area contributed by atoms with Gasteiger partial charge in [-0.3, -0.25) is 9.78 Å². The molecule has 0 spiro atoms. The van der Waals surface area contributed by atoms with Crippen LogP contribution in [0.25, 0.3) is 0 Å². The van der Waals surface area contributed by atoms with E-state index in [0.29, 0.717) is 10.9 Å². The summed E-state index contributed by atoms with van der Waals surface area (Å²) in [7, 11) is 0. The Bertz CT molecular complexity index is 382. The number of pyridine rings is 1. The molecule has 0 unspecified atom stereocenters. The average molecular weight is 253 g/mol. The Labute approximate surface area is 107 Å². The Morgan fingerprint density at radius 2 is 2.18 bits per heavy atom. The number of carbonyl (C=O) groups is 1. The van der Waals surface area contributed by atoms with Crippen LogP contribution < -0.4 is 5.32 Å². The number of aromatic nitrogens is 1. The van der Waals surface area contributed by atoms with E-state index in [-0.39, 0.29) is 6.04 Å². The molecule has 1 saturated carbocycles. The third kappa shape index (κ3) is 2.97. The van der Waals surface area contributed by atoms with E-state index in [1.807, 2.05) is 19.1 Å². The molecule has 1 atom stereocenters. The SMILES string of the molecule is Cc1cc(Cl)cc([C@H](NC=O)C2CCCC2)n1. The molecule has 1 aliphatic carbocycles. The van der Waals surface area contributed by atoms with Gasteiger partial charge in [-0.25, -0.2) is 0 Å². The molecule has 1 N–H and O–H groups in total. The Balaban J connectivity index is 2.27. The minimum atomic E-state index is 0.00685. The van der Waals surface area contributed by atoms with E-state index < -0.39 is 0 Å². The molecular weight excluding hydrogens is 236 g/mol. The lowest BCUT2D eigenvalue weighted by atomic mass is 9.95. The van der Waals surface area contributed by atoms with Crippen LogP contribution in [0.1, 0.15) is 43.1 Å². The van der Waals surface area contributed by atoms with E-state index in [4.69, 9.17) is 11.6 Å². The summed E-state index contributed by atoms with van der Waals surface area (Å²) in [6.45, 7) is 1.92. The summed E-state index contributed by atoms with van der Waals surface area (Å²) >= 11 is 6.04. The Morgan fingerprint density at radius 3 is 2.76 bits per heavy atom. The number of rotatable bonds is 4. The third-order valence-corrected chi connectivity index (χ3v) is 3.59. The summed E-state index contributed by atoms with van der Waals surface area (Å²) in [5.41, 5.74) is 1.78. The van der Waals surface area contributed by atoms with Gasteiger partial charge in [0.25, 0.3) is 0 Å². The topological polar surface area (TPSA) is 42.0 Å². The number of hydrogen-bond donors (Lipinski definition) is 1. The lowest BCUT2D eigenvalue weighted by Gasteiger charge is -2.22. The first-order valence-electron chi connectivity index (χ1n) is 6.04. The predicted octanol–water partition coefficient (Wildman–Crippen LogP) is 3.02. The second kappa shape index (κ2) is 5.50. The molecule has 92 valence electrons. The highest BCUT2D eigenvalue weighted by Gasteiger charge is 2.27. The van der Waals surface area contributed by atoms with Crippen LogP contribution in [0.15, 0.2) is 12.1 Å². The zero-order valence-corrected chi connectivity index (χ0v) is 10.7. The molecule has 1 aromatic heterocycles. The molecular formula is C13H17ClN2O. The number of nitrogens with one attached hydrogen (secondary N) is 1. The number of halogens is 1. The van der Waals surface area contributed by atoms with Crippen molar-refractivity contribution in [3.05, 3.63) is 28.5 Å². The monoisotopic (exact) mass is 252 g/mol. The van der Waals surface area contributed by atoms with Gasteiger partial charge in [0.15, 0.2) is 0 Å². The smallest absolute Gasteiger partial charge is 0.207 e. The molecule has 0 saturated heterocycles. The summed E-state index contributed by atoms with van der Waals surface area (Å²) in [6, 6.07) is 3.69. The third-order valence-electron chi connectivity index (χ3n) is 3.38. The second-order valence-corrected chi connectivity index (χ2v) is 5.09. The van der Waals surface area contributed by atoms with Crippen molar-refractivity contribution in [3.63, 3.8) is 0 Å². The van der Waals surface area contributed by atoms with Crippen LogP contribution in [0.4, 0.5) is 0 Å². The fourth-order valence-corrected chi connectivity index (χ4v) is 2.91. The van der Waals surface area contributed by atoms with Gasteiger partial charge in [0.1, 0.15) is 0 Å². The van der Waals surface area contributed by atoms with Crippen LogP contribution in [0.5, 0.6) is 0 Å². The fourth-order valence-electron chi connectivity index (χ4n) is 2.64. The molecule has 4 heteroatoms. The lowest BCUT2D eigenvalue weighted by Crippen LogP contribution is -2.27. The quantitative estimate of drug-likeness (QED) is 0.837. The van der Waals surface area contributed by atoms with Gasteiger partial charge >= 0.3 is 0 Å². The normalized spacial score (nSPS) is 18.0. The average Bonchev–Trinajstić information content (AvgIpc) is 2.77. The van der Waals surface area contributed by atoms with Crippen molar-refractivity contribution in [1.82, 2.24) is 10.3 Å². The van der Waals surface area contributed by atoms with Crippen LogP contribution in [-0.4, -0.2) is 11.4 Å². The van der Waals surface area contributed by atoms with Crippen molar-refractivity contribution >= 4 is 18.0 Å². The van der Waals surface area contributed by atoms with Crippen molar-refractivity contribution in [1.29, 1.82) is 0 Å². The Morgan fingerprint density at radius 1 is 1.47 bits per heavy atom. The Kier molecular flexibility index (Phi) is 4.00. The molecule has 0 aliphatic heterocycles. The van der Waals surface area contributed by atoms with E-state index in [2.05, 4.69) is 10.3 Å². The molecule has 1 fully saturated rings. The van der Waals surface area contributed by atoms with Crippen molar-refractivity contribution in [3.8, 4) is 0 Å². The fraction of sp³-hybridized carbons (Fsp3) is 0.538. The maximum atomic E-state index is 10.7. The second-order valence-electron chi connectivity index (χ2n) is 4.66. The molecule has 0 bridgehead atoms. The summed E-state index contributed by atoms with van der Waals surface area (Å²) in [6.07, 6.45) is 5.54. The van der Waals surface area contributed by atoms with Crippen molar-refractivity contribution in [2.75, 3.05) is 0 Å². The maximum absolute atomic E-state index is 10.7. The molecule has 0 radical (unpaired) electrons. The van der Waals surface area contributed by atoms with Crippen LogP contribution in [-0.2, 0) is 4.79 Å². The van der Waals surface area contributed by atoms with Crippen molar-refractivity contribution in [2.24, 2.45) is 5.92 Å². The standard InChI is InChI=1S/C13H17ClN2O/c1-9-6-11(14)7-12(16-9)13(15-8-17)10-4-2-3-5-10/h6-8,10,13H,2-5H2,1H3,(H,15,17)/t13-/m1/s1. The van der Waals surface area contributed by atoms with Crippen LogP contribution >= 0.6 is 11.6 Å². The highest BCUT2D eigenvalue weighted by atomic mass is 35.5. The minimum Gasteiger partial charge on any atom is -0.350 e. The zero-order valence-electron chi connectivity index (χ0n) is 9.95. The first kappa shape index (κ1) is 12.4. The molecule has 1 aromatic rings. The van der Waals surface area contributed by atoms with E-state index in [1.54, 1.807) is 0 Å². The maximum Gasteiger partial charge on any atom is 0.207 e. The minimum absolute atomic E-state index is 0.00685. The van der Waals surface area contributed by atoms with Crippen molar-refractivity contribution in [2.45, 2.75) is 38.6 Å². The number of aryl methyl sites for hydroxylation is 1. The molecule has 3 nitrogen and oxygen atoms in total. The molecule has 0 aromatic carbocycles. The highest BCUT2D eigenvalue weighted by molar-refractivity contribution is 6.30. The van der Waals surface area contributed by atoms with Gasteiger partial charge in [-0.05, 0) is 37.8 Å². The van der Waals surface area contributed by atoms with Gasteiger partial charge in [0.2, 0.25) is 6.41 Å². The van der Waals surface area contributed by atoms with E-state index in [9.17, 15) is 4.79 Å². The van der Waals surface area contributed by atoms with E-state index >= 15 is 0 Å². The van der Waals surface area contributed by atoms with Gasteiger partial charge < -0.3 is 5.32 Å². The number of nitrogens with zero attached hydrogens (tertiary/aromatic N) is 1. The Hall–Kier alpha value is -1.09. The molecule has 1 heterocycles. The first-order valence-corrected chi connectivity index (χ1v) is 6.42. The first-order chi connectivity index (χ1) is 8.20. The van der Waals surface area contributed by atoms with Crippen molar-refractivity contribution < 1.29 is 4.79 Å². The summed E-state index contributed by atoms with van der Waals surface area (Å²) < 4.78 is 0. The molecule has 1 aliphatic rings. The van der Waals surface area contributed by atoms with Crippen LogP contribution in [0.3, 0.4) is 0 Å². The summed E-state index contributed by atoms with van der Waals surface area (Å²) in [5.74, 6) is 0.491. The lowest BCUT2D eigenvalue weighted by molar-refractivity contribution is -0.110. The van der Waals surface area contributed by atoms with E-state index in [1.165, 1.54) is 12.8 Å². The molecule has 1 amide bonds.